The first-order valence-corrected chi connectivity index (χ1v) is 8.00. The molecular weight excluding hydrogens is 328 g/mol. The van der Waals surface area contributed by atoms with Gasteiger partial charge in [-0.05, 0) is 35.9 Å². The standard InChI is InChI=1S/C18H17ClN2O3/c1-12(22)21-7-8-24-17-6-5-15(11-16(17)21)20-18(23)10-13-3-2-4-14(19)9-13/h2-6,9,11H,7-8,10H2,1H3,(H,20,23). The van der Waals surface area contributed by atoms with Gasteiger partial charge in [-0.1, -0.05) is 23.7 Å². The van der Waals surface area contributed by atoms with Crippen LogP contribution in [0.4, 0.5) is 11.4 Å². The van der Waals surface area contributed by atoms with Gasteiger partial charge in [0.05, 0.1) is 18.7 Å². The van der Waals surface area contributed by atoms with Gasteiger partial charge in [0.25, 0.3) is 0 Å². The summed E-state index contributed by atoms with van der Waals surface area (Å²) in [4.78, 5) is 25.6. The van der Waals surface area contributed by atoms with E-state index in [1.54, 1.807) is 35.2 Å². The Balaban J connectivity index is 1.75. The van der Waals surface area contributed by atoms with Crippen LogP contribution in [-0.2, 0) is 16.0 Å². The number of amides is 2. The number of hydrogen-bond acceptors (Lipinski definition) is 3. The van der Waals surface area contributed by atoms with Gasteiger partial charge in [0.15, 0.2) is 0 Å². The summed E-state index contributed by atoms with van der Waals surface area (Å²) in [5.41, 5.74) is 2.14. The maximum atomic E-state index is 12.2. The monoisotopic (exact) mass is 344 g/mol. The molecule has 2 aromatic carbocycles. The van der Waals surface area contributed by atoms with Crippen molar-refractivity contribution in [1.82, 2.24) is 0 Å². The Kier molecular flexibility index (Phi) is 4.71. The van der Waals surface area contributed by atoms with E-state index in [1.165, 1.54) is 6.92 Å². The second kappa shape index (κ2) is 6.93. The Labute approximate surface area is 145 Å². The van der Waals surface area contributed by atoms with Gasteiger partial charge < -0.3 is 15.0 Å². The lowest BCUT2D eigenvalue weighted by Crippen LogP contribution is -2.36. The zero-order valence-electron chi connectivity index (χ0n) is 13.2. The predicted octanol–water partition coefficient (Wildman–Crippen LogP) is 3.27. The van der Waals surface area contributed by atoms with Gasteiger partial charge in [0.1, 0.15) is 12.4 Å². The molecule has 0 spiro atoms. The van der Waals surface area contributed by atoms with Crippen molar-refractivity contribution in [2.75, 3.05) is 23.4 Å². The highest BCUT2D eigenvalue weighted by Crippen LogP contribution is 2.34. The molecule has 1 aliphatic heterocycles. The molecule has 0 aromatic heterocycles. The molecule has 3 rings (SSSR count). The molecule has 1 N–H and O–H groups in total. The fraction of sp³-hybridized carbons (Fsp3) is 0.222. The van der Waals surface area contributed by atoms with Crippen LogP contribution < -0.4 is 15.0 Å². The third kappa shape index (κ3) is 3.68. The van der Waals surface area contributed by atoms with Crippen LogP contribution in [0.5, 0.6) is 5.75 Å². The molecule has 0 aliphatic carbocycles. The SMILES string of the molecule is CC(=O)N1CCOc2ccc(NC(=O)Cc3cccc(Cl)c3)cc21. The molecule has 1 aliphatic rings. The van der Waals surface area contributed by atoms with Crippen molar-refractivity contribution in [2.45, 2.75) is 13.3 Å². The Hall–Kier alpha value is -2.53. The summed E-state index contributed by atoms with van der Waals surface area (Å²) in [5.74, 6) is 0.439. The van der Waals surface area contributed by atoms with Crippen molar-refractivity contribution >= 4 is 34.8 Å². The first-order valence-electron chi connectivity index (χ1n) is 7.62. The van der Waals surface area contributed by atoms with Crippen LogP contribution in [-0.4, -0.2) is 25.0 Å². The number of carbonyl (C=O) groups is 2. The molecular formula is C18H17ClN2O3. The number of rotatable bonds is 3. The highest BCUT2D eigenvalue weighted by atomic mass is 35.5. The summed E-state index contributed by atoms with van der Waals surface area (Å²) in [7, 11) is 0. The first-order chi connectivity index (χ1) is 11.5. The van der Waals surface area contributed by atoms with Gasteiger partial charge in [-0.25, -0.2) is 0 Å². The molecule has 24 heavy (non-hydrogen) atoms. The predicted molar refractivity (Wildman–Crippen MR) is 93.7 cm³/mol. The van der Waals surface area contributed by atoms with Gasteiger partial charge in [0.2, 0.25) is 11.8 Å². The lowest BCUT2D eigenvalue weighted by atomic mass is 10.1. The van der Waals surface area contributed by atoms with Crippen LogP contribution in [0.15, 0.2) is 42.5 Å². The molecule has 1 heterocycles. The van der Waals surface area contributed by atoms with Gasteiger partial charge in [-0.2, -0.15) is 0 Å². The minimum atomic E-state index is -0.150. The molecule has 6 heteroatoms. The molecule has 0 fully saturated rings. The van der Waals surface area contributed by atoms with Crippen molar-refractivity contribution < 1.29 is 14.3 Å². The van der Waals surface area contributed by atoms with Gasteiger partial charge in [-0.15, -0.1) is 0 Å². The maximum absolute atomic E-state index is 12.2. The second-order valence-electron chi connectivity index (χ2n) is 5.56. The third-order valence-electron chi connectivity index (χ3n) is 3.74. The average molecular weight is 345 g/mol. The summed E-state index contributed by atoms with van der Waals surface area (Å²) < 4.78 is 5.55. The molecule has 0 unspecified atom stereocenters. The van der Waals surface area contributed by atoms with Crippen LogP contribution in [0.2, 0.25) is 5.02 Å². The van der Waals surface area contributed by atoms with E-state index >= 15 is 0 Å². The van der Waals surface area contributed by atoms with E-state index in [1.807, 2.05) is 12.1 Å². The van der Waals surface area contributed by atoms with Crippen LogP contribution in [0, 0.1) is 0 Å². The minimum absolute atomic E-state index is 0.0537. The molecule has 124 valence electrons. The van der Waals surface area contributed by atoms with Crippen molar-refractivity contribution in [2.24, 2.45) is 0 Å². The molecule has 0 radical (unpaired) electrons. The van der Waals surface area contributed by atoms with Crippen molar-refractivity contribution in [3.8, 4) is 5.75 Å². The highest BCUT2D eigenvalue weighted by molar-refractivity contribution is 6.30. The molecule has 0 saturated heterocycles. The third-order valence-corrected chi connectivity index (χ3v) is 3.97. The normalized spacial score (nSPS) is 13.0. The summed E-state index contributed by atoms with van der Waals surface area (Å²) in [6.07, 6.45) is 0.227. The van der Waals surface area contributed by atoms with E-state index in [2.05, 4.69) is 5.32 Å². The van der Waals surface area contributed by atoms with E-state index in [4.69, 9.17) is 16.3 Å². The van der Waals surface area contributed by atoms with Gasteiger partial charge in [0, 0.05) is 17.6 Å². The Morgan fingerprint density at radius 1 is 1.25 bits per heavy atom. The van der Waals surface area contributed by atoms with Crippen LogP contribution in [0.25, 0.3) is 0 Å². The molecule has 2 aromatic rings. The van der Waals surface area contributed by atoms with Crippen molar-refractivity contribution in [1.29, 1.82) is 0 Å². The number of hydrogen-bond donors (Lipinski definition) is 1. The second-order valence-corrected chi connectivity index (χ2v) is 5.99. The van der Waals surface area contributed by atoms with E-state index in [0.29, 0.717) is 35.3 Å². The van der Waals surface area contributed by atoms with E-state index in [9.17, 15) is 9.59 Å². The number of fused-ring (bicyclic) bond motifs is 1. The summed E-state index contributed by atoms with van der Waals surface area (Å²) in [5, 5.41) is 3.44. The van der Waals surface area contributed by atoms with Crippen molar-refractivity contribution in [3.63, 3.8) is 0 Å². The summed E-state index contributed by atoms with van der Waals surface area (Å²) >= 11 is 5.93. The number of carbonyl (C=O) groups excluding carboxylic acids is 2. The number of nitrogens with one attached hydrogen (secondary N) is 1. The first kappa shape index (κ1) is 16.3. The quantitative estimate of drug-likeness (QED) is 0.929. The Morgan fingerprint density at radius 3 is 2.83 bits per heavy atom. The average Bonchev–Trinajstić information content (AvgIpc) is 2.54. The Bertz CT molecular complexity index is 792. The number of nitrogens with zero attached hydrogens (tertiary/aromatic N) is 1. The Morgan fingerprint density at radius 2 is 2.08 bits per heavy atom. The lowest BCUT2D eigenvalue weighted by molar-refractivity contribution is -0.117. The zero-order valence-corrected chi connectivity index (χ0v) is 14.0. The fourth-order valence-corrected chi connectivity index (χ4v) is 2.87. The zero-order chi connectivity index (χ0) is 17.1. The molecule has 0 atom stereocenters. The number of halogens is 1. The van der Waals surface area contributed by atoms with E-state index < -0.39 is 0 Å². The lowest BCUT2D eigenvalue weighted by Gasteiger charge is -2.29. The number of ether oxygens (including phenoxy) is 1. The van der Waals surface area contributed by atoms with Crippen LogP contribution in [0.1, 0.15) is 12.5 Å². The minimum Gasteiger partial charge on any atom is -0.490 e. The largest absolute Gasteiger partial charge is 0.490 e. The topological polar surface area (TPSA) is 58.6 Å². The molecule has 0 saturated carbocycles. The highest BCUT2D eigenvalue weighted by Gasteiger charge is 2.21. The molecule has 0 bridgehead atoms. The molecule has 5 nitrogen and oxygen atoms in total. The van der Waals surface area contributed by atoms with Crippen molar-refractivity contribution in [3.05, 3.63) is 53.1 Å². The number of anilines is 2. The molecule has 2 amide bonds. The van der Waals surface area contributed by atoms with Gasteiger partial charge in [-0.3, -0.25) is 9.59 Å². The van der Waals surface area contributed by atoms with Crippen LogP contribution >= 0.6 is 11.6 Å². The van der Waals surface area contributed by atoms with E-state index in [0.717, 1.165) is 5.56 Å². The van der Waals surface area contributed by atoms with Crippen LogP contribution in [0.3, 0.4) is 0 Å². The summed E-state index contributed by atoms with van der Waals surface area (Å²) in [6, 6.07) is 12.5. The van der Waals surface area contributed by atoms with Gasteiger partial charge >= 0.3 is 0 Å². The maximum Gasteiger partial charge on any atom is 0.228 e. The fourth-order valence-electron chi connectivity index (χ4n) is 2.66. The van der Waals surface area contributed by atoms with E-state index in [-0.39, 0.29) is 18.2 Å². The number of benzene rings is 2. The summed E-state index contributed by atoms with van der Waals surface area (Å²) in [6.45, 7) is 2.48. The smallest absolute Gasteiger partial charge is 0.228 e.